The second-order valence-electron chi connectivity index (χ2n) is 7.90. The Hall–Kier alpha value is -3.33. The maximum Gasteiger partial charge on any atom is 0.338 e. The van der Waals surface area contributed by atoms with Crippen molar-refractivity contribution in [3.63, 3.8) is 0 Å². The highest BCUT2D eigenvalue weighted by Crippen LogP contribution is 2.31. The van der Waals surface area contributed by atoms with Crippen LogP contribution in [-0.2, 0) is 19.4 Å². The number of esters is 1. The summed E-state index contributed by atoms with van der Waals surface area (Å²) in [4.78, 5) is 25.4. The second-order valence-corrected chi connectivity index (χ2v) is 9.83. The highest BCUT2D eigenvalue weighted by Gasteiger charge is 2.36. The van der Waals surface area contributed by atoms with Gasteiger partial charge in [-0.2, -0.15) is 0 Å². The minimum absolute atomic E-state index is 0.0103. The molecule has 0 saturated heterocycles. The molecular formula is C24H28N2O6S. The van der Waals surface area contributed by atoms with E-state index in [4.69, 9.17) is 9.47 Å². The molecule has 0 fully saturated rings. The van der Waals surface area contributed by atoms with Gasteiger partial charge in [0.25, 0.3) is 0 Å². The van der Waals surface area contributed by atoms with Gasteiger partial charge in [-0.3, -0.25) is 0 Å². The molecule has 1 atom stereocenters. The van der Waals surface area contributed by atoms with Gasteiger partial charge in [0.15, 0.2) is 9.84 Å². The maximum absolute atomic E-state index is 13.4. The first-order valence-electron chi connectivity index (χ1n) is 10.5. The molecule has 0 spiro atoms. The number of sulfone groups is 1. The van der Waals surface area contributed by atoms with Crippen LogP contribution in [0, 0.1) is 20.8 Å². The number of ether oxygens (including phenoxy) is 2. The zero-order chi connectivity index (χ0) is 24.3. The smallest absolute Gasteiger partial charge is 0.338 e. The monoisotopic (exact) mass is 472 g/mol. The highest BCUT2D eigenvalue weighted by atomic mass is 32.2. The minimum Gasteiger partial charge on any atom is -0.494 e. The predicted octanol–water partition coefficient (Wildman–Crippen LogP) is 3.27. The van der Waals surface area contributed by atoms with E-state index in [0.717, 1.165) is 5.56 Å². The quantitative estimate of drug-likeness (QED) is 0.599. The molecule has 0 bridgehead atoms. The van der Waals surface area contributed by atoms with E-state index in [1.807, 2.05) is 13.8 Å². The minimum atomic E-state index is -3.88. The van der Waals surface area contributed by atoms with Gasteiger partial charge in [0, 0.05) is 5.70 Å². The Morgan fingerprint density at radius 1 is 1.06 bits per heavy atom. The number of methoxy groups -OCH3 is 1. The number of aryl methyl sites for hydroxylation is 3. The number of urea groups is 1. The third-order valence-electron chi connectivity index (χ3n) is 5.33. The standard InChI is InChI=1S/C24H28N2O6S/c1-6-32-18-9-7-17(8-10-18)21-20(23(27)31-5)19(25-24(28)26-21)13-33(29,30)22-15(3)11-14(2)12-16(22)4/h7-12,21H,6,13H2,1-5H3,(H2,25,26,28). The van der Waals surface area contributed by atoms with E-state index in [-0.39, 0.29) is 16.2 Å². The lowest BCUT2D eigenvalue weighted by molar-refractivity contribution is -0.136. The van der Waals surface area contributed by atoms with Gasteiger partial charge in [0.2, 0.25) is 0 Å². The SMILES string of the molecule is CCOc1ccc(C2NC(=O)NC(CS(=O)(=O)c3c(C)cc(C)cc3C)=C2C(=O)OC)cc1. The average Bonchev–Trinajstić information content (AvgIpc) is 2.72. The molecule has 8 nitrogen and oxygen atoms in total. The summed E-state index contributed by atoms with van der Waals surface area (Å²) in [6.45, 7) is 7.71. The molecule has 1 aliphatic heterocycles. The molecule has 2 N–H and O–H groups in total. The Bertz CT molecular complexity index is 1190. The molecule has 1 heterocycles. The molecule has 1 unspecified atom stereocenters. The highest BCUT2D eigenvalue weighted by molar-refractivity contribution is 7.91. The summed E-state index contributed by atoms with van der Waals surface area (Å²) in [6, 6.07) is 8.96. The van der Waals surface area contributed by atoms with Gasteiger partial charge < -0.3 is 20.1 Å². The van der Waals surface area contributed by atoms with E-state index in [1.165, 1.54) is 7.11 Å². The van der Waals surface area contributed by atoms with Crippen molar-refractivity contribution in [2.24, 2.45) is 0 Å². The van der Waals surface area contributed by atoms with Crippen LogP contribution in [0.5, 0.6) is 5.75 Å². The summed E-state index contributed by atoms with van der Waals surface area (Å²) in [5.74, 6) is -0.648. The van der Waals surface area contributed by atoms with Crippen LogP contribution in [0.1, 0.15) is 35.2 Å². The summed E-state index contributed by atoms with van der Waals surface area (Å²) in [6.07, 6.45) is 0. The topological polar surface area (TPSA) is 111 Å². The van der Waals surface area contributed by atoms with E-state index in [0.29, 0.717) is 29.0 Å². The molecule has 0 aliphatic carbocycles. The Balaban J connectivity index is 2.10. The van der Waals surface area contributed by atoms with Crippen molar-refractivity contribution in [1.29, 1.82) is 0 Å². The van der Waals surface area contributed by atoms with Crippen LogP contribution in [-0.4, -0.2) is 39.9 Å². The van der Waals surface area contributed by atoms with Gasteiger partial charge in [-0.1, -0.05) is 29.8 Å². The van der Waals surface area contributed by atoms with Crippen LogP contribution < -0.4 is 15.4 Å². The molecule has 9 heteroatoms. The van der Waals surface area contributed by atoms with E-state index in [1.54, 1.807) is 50.2 Å². The van der Waals surface area contributed by atoms with Crippen molar-refractivity contribution < 1.29 is 27.5 Å². The van der Waals surface area contributed by atoms with E-state index >= 15 is 0 Å². The van der Waals surface area contributed by atoms with Gasteiger partial charge in [-0.05, 0) is 56.5 Å². The first-order chi connectivity index (χ1) is 15.6. The predicted molar refractivity (Wildman–Crippen MR) is 124 cm³/mol. The number of nitrogens with one attached hydrogen (secondary N) is 2. The first-order valence-corrected chi connectivity index (χ1v) is 12.1. The number of hydrogen-bond donors (Lipinski definition) is 2. The summed E-state index contributed by atoms with van der Waals surface area (Å²) in [5.41, 5.74) is 2.78. The first kappa shape index (κ1) is 24.3. The van der Waals surface area contributed by atoms with Gasteiger partial charge in [-0.25, -0.2) is 18.0 Å². The Labute approximate surface area is 193 Å². The molecule has 2 aromatic rings. The fourth-order valence-electron chi connectivity index (χ4n) is 4.18. The summed E-state index contributed by atoms with van der Waals surface area (Å²) in [5, 5.41) is 5.20. The zero-order valence-corrected chi connectivity index (χ0v) is 20.1. The molecule has 2 aromatic carbocycles. The van der Waals surface area contributed by atoms with Crippen molar-refractivity contribution in [1.82, 2.24) is 10.6 Å². The molecule has 3 rings (SSSR count). The molecule has 2 amide bonds. The lowest BCUT2D eigenvalue weighted by atomic mass is 9.95. The van der Waals surface area contributed by atoms with Crippen molar-refractivity contribution in [2.75, 3.05) is 19.5 Å². The lowest BCUT2D eigenvalue weighted by Crippen LogP contribution is -2.47. The van der Waals surface area contributed by atoms with Crippen molar-refractivity contribution in [2.45, 2.75) is 38.6 Å². The molecule has 0 aromatic heterocycles. The van der Waals surface area contributed by atoms with Crippen molar-refractivity contribution in [3.05, 3.63) is 69.9 Å². The van der Waals surface area contributed by atoms with Gasteiger partial charge in [-0.15, -0.1) is 0 Å². The van der Waals surface area contributed by atoms with Crippen LogP contribution in [0.15, 0.2) is 52.6 Å². The van der Waals surface area contributed by atoms with Crippen LogP contribution >= 0.6 is 0 Å². The van der Waals surface area contributed by atoms with Crippen LogP contribution in [0.4, 0.5) is 4.79 Å². The number of rotatable bonds is 7. The normalized spacial score (nSPS) is 16.2. The molecular weight excluding hydrogens is 444 g/mol. The lowest BCUT2D eigenvalue weighted by Gasteiger charge is -2.29. The Morgan fingerprint density at radius 2 is 1.67 bits per heavy atom. The number of amides is 2. The van der Waals surface area contributed by atoms with Crippen molar-refractivity contribution >= 4 is 21.8 Å². The summed E-state index contributed by atoms with van der Waals surface area (Å²) >= 11 is 0. The van der Waals surface area contributed by atoms with Gasteiger partial charge >= 0.3 is 12.0 Å². The third-order valence-corrected chi connectivity index (χ3v) is 7.27. The Kier molecular flexibility index (Phi) is 7.12. The maximum atomic E-state index is 13.4. The fraction of sp³-hybridized carbons (Fsp3) is 0.333. The molecule has 0 saturated carbocycles. The van der Waals surface area contributed by atoms with Gasteiger partial charge in [0.1, 0.15) is 5.75 Å². The van der Waals surface area contributed by atoms with Gasteiger partial charge in [0.05, 0.1) is 36.0 Å². The summed E-state index contributed by atoms with van der Waals surface area (Å²) in [7, 11) is -2.67. The van der Waals surface area contributed by atoms with Crippen molar-refractivity contribution in [3.8, 4) is 5.75 Å². The molecule has 176 valence electrons. The van der Waals surface area contributed by atoms with Crippen LogP contribution in [0.25, 0.3) is 0 Å². The number of carbonyl (C=O) groups excluding carboxylic acids is 2. The number of benzene rings is 2. The van der Waals surface area contributed by atoms with Crippen LogP contribution in [0.3, 0.4) is 0 Å². The Morgan fingerprint density at radius 3 is 2.21 bits per heavy atom. The van der Waals surface area contributed by atoms with Crippen LogP contribution in [0.2, 0.25) is 0 Å². The second kappa shape index (κ2) is 9.66. The molecule has 33 heavy (non-hydrogen) atoms. The molecule has 1 aliphatic rings. The average molecular weight is 473 g/mol. The molecule has 0 radical (unpaired) electrons. The fourth-order valence-corrected chi connectivity index (χ4v) is 6.03. The third kappa shape index (κ3) is 5.19. The largest absolute Gasteiger partial charge is 0.494 e. The van der Waals surface area contributed by atoms with E-state index < -0.39 is 33.6 Å². The number of carbonyl (C=O) groups is 2. The zero-order valence-electron chi connectivity index (χ0n) is 19.3. The number of hydrogen-bond acceptors (Lipinski definition) is 6. The van der Waals surface area contributed by atoms with E-state index in [9.17, 15) is 18.0 Å². The summed E-state index contributed by atoms with van der Waals surface area (Å²) < 4.78 is 37.2. The van der Waals surface area contributed by atoms with E-state index in [2.05, 4.69) is 10.6 Å².